The minimum atomic E-state index is -0.951. The van der Waals surface area contributed by atoms with Crippen LogP contribution in [0.2, 0.25) is 0 Å². The van der Waals surface area contributed by atoms with Crippen LogP contribution in [0.5, 0.6) is 5.75 Å². The highest BCUT2D eigenvalue weighted by Gasteiger charge is 2.18. The van der Waals surface area contributed by atoms with Gasteiger partial charge in [0.2, 0.25) is 0 Å². The first-order valence-corrected chi connectivity index (χ1v) is 9.13. The van der Waals surface area contributed by atoms with Crippen molar-refractivity contribution in [1.82, 2.24) is 14.5 Å². The quantitative estimate of drug-likeness (QED) is 0.463. The number of benzene rings is 3. The molecule has 0 saturated carbocycles. The number of methoxy groups -OCH3 is 1. The number of carbonyl (C=O) groups is 1. The molecule has 2 heterocycles. The van der Waals surface area contributed by atoms with E-state index in [9.17, 15) is 9.90 Å². The topological polar surface area (TPSA) is 80.1 Å². The second-order valence-electron chi connectivity index (χ2n) is 6.72. The summed E-state index contributed by atoms with van der Waals surface area (Å²) in [4.78, 5) is 19.6. The Hall–Kier alpha value is -4.06. The SMILES string of the molecule is COc1ccc(-c2nc3c4ccccc4[nH]c3n2-c2ccc(C(=O)O)cc2)cc1. The maximum absolute atomic E-state index is 11.2. The second kappa shape index (κ2) is 6.53. The van der Waals surface area contributed by atoms with E-state index in [0.29, 0.717) is 0 Å². The molecule has 0 aliphatic rings. The van der Waals surface area contributed by atoms with Crippen LogP contribution in [0.3, 0.4) is 0 Å². The van der Waals surface area contributed by atoms with E-state index < -0.39 is 5.97 Å². The van der Waals surface area contributed by atoms with Crippen LogP contribution in [0, 0.1) is 0 Å². The van der Waals surface area contributed by atoms with Crippen molar-refractivity contribution in [2.45, 2.75) is 0 Å². The third-order valence-electron chi connectivity index (χ3n) is 5.03. The molecule has 0 aliphatic heterocycles. The number of para-hydroxylation sites is 1. The third-order valence-corrected chi connectivity index (χ3v) is 5.03. The highest BCUT2D eigenvalue weighted by atomic mass is 16.5. The molecule has 0 bridgehead atoms. The summed E-state index contributed by atoms with van der Waals surface area (Å²) in [5.74, 6) is 0.588. The van der Waals surface area contributed by atoms with E-state index in [1.807, 2.05) is 53.1 Å². The number of fused-ring (bicyclic) bond motifs is 3. The van der Waals surface area contributed by atoms with Crippen LogP contribution in [0.25, 0.3) is 39.1 Å². The lowest BCUT2D eigenvalue weighted by Crippen LogP contribution is -2.01. The average Bonchev–Trinajstić information content (AvgIpc) is 3.30. The van der Waals surface area contributed by atoms with Crippen LogP contribution in [0.15, 0.2) is 72.8 Å². The fourth-order valence-electron chi connectivity index (χ4n) is 3.59. The standard InChI is InChI=1S/C23H17N3O3/c1-29-17-12-8-14(9-13-17)21-25-20-18-4-2-3-5-19(18)24-22(20)26(21)16-10-6-15(7-11-16)23(27)28/h2-13,24H,1H3,(H,27,28). The number of hydrogen-bond donors (Lipinski definition) is 2. The van der Waals surface area contributed by atoms with E-state index in [0.717, 1.165) is 44.9 Å². The van der Waals surface area contributed by atoms with E-state index in [2.05, 4.69) is 4.98 Å². The molecule has 2 aromatic heterocycles. The van der Waals surface area contributed by atoms with Crippen LogP contribution in [-0.4, -0.2) is 32.7 Å². The zero-order valence-electron chi connectivity index (χ0n) is 15.6. The maximum atomic E-state index is 11.2. The zero-order valence-corrected chi connectivity index (χ0v) is 15.6. The summed E-state index contributed by atoms with van der Waals surface area (Å²) in [7, 11) is 1.63. The number of aromatic carboxylic acids is 1. The molecule has 0 radical (unpaired) electrons. The van der Waals surface area contributed by atoms with Gasteiger partial charge in [0.25, 0.3) is 0 Å². The van der Waals surface area contributed by atoms with Gasteiger partial charge in [0.15, 0.2) is 0 Å². The number of aromatic amines is 1. The predicted molar refractivity (Wildman–Crippen MR) is 112 cm³/mol. The molecule has 29 heavy (non-hydrogen) atoms. The first kappa shape index (κ1) is 17.1. The summed E-state index contributed by atoms with van der Waals surface area (Å²) in [6.07, 6.45) is 0. The Labute approximate surface area is 166 Å². The van der Waals surface area contributed by atoms with E-state index in [1.54, 1.807) is 31.4 Å². The Kier molecular flexibility index (Phi) is 3.84. The monoisotopic (exact) mass is 383 g/mol. The largest absolute Gasteiger partial charge is 0.497 e. The van der Waals surface area contributed by atoms with Crippen LogP contribution >= 0.6 is 0 Å². The van der Waals surface area contributed by atoms with Crippen molar-refractivity contribution < 1.29 is 14.6 Å². The number of imidazole rings is 1. The van der Waals surface area contributed by atoms with Crippen molar-refractivity contribution in [3.05, 3.63) is 78.4 Å². The Bertz CT molecular complexity index is 1350. The van der Waals surface area contributed by atoms with Crippen molar-refractivity contribution in [3.63, 3.8) is 0 Å². The predicted octanol–water partition coefficient (Wildman–Crippen LogP) is 4.88. The van der Waals surface area contributed by atoms with Crippen LogP contribution in [-0.2, 0) is 0 Å². The highest BCUT2D eigenvalue weighted by Crippen LogP contribution is 2.33. The summed E-state index contributed by atoms with van der Waals surface area (Å²) in [5, 5.41) is 10.3. The molecule has 0 spiro atoms. The molecule has 0 unspecified atom stereocenters. The smallest absolute Gasteiger partial charge is 0.335 e. The molecule has 0 saturated heterocycles. The molecule has 0 aliphatic carbocycles. The minimum Gasteiger partial charge on any atom is -0.497 e. The molecular formula is C23H17N3O3. The van der Waals surface area contributed by atoms with Gasteiger partial charge >= 0.3 is 5.97 Å². The van der Waals surface area contributed by atoms with E-state index in [4.69, 9.17) is 9.72 Å². The molecule has 3 aromatic carbocycles. The maximum Gasteiger partial charge on any atom is 0.335 e. The van der Waals surface area contributed by atoms with Crippen LogP contribution in [0.4, 0.5) is 0 Å². The molecule has 142 valence electrons. The zero-order chi connectivity index (χ0) is 20.0. The van der Waals surface area contributed by atoms with Gasteiger partial charge in [-0.05, 0) is 54.6 Å². The number of carboxylic acids is 1. The molecule has 5 rings (SSSR count). The number of nitrogens with one attached hydrogen (secondary N) is 1. The fourth-order valence-corrected chi connectivity index (χ4v) is 3.59. The Morgan fingerprint density at radius 2 is 1.72 bits per heavy atom. The fraction of sp³-hybridized carbons (Fsp3) is 0.0435. The number of ether oxygens (including phenoxy) is 1. The summed E-state index contributed by atoms with van der Waals surface area (Å²) in [5.41, 5.74) is 4.74. The van der Waals surface area contributed by atoms with Gasteiger partial charge in [0, 0.05) is 22.2 Å². The number of rotatable bonds is 4. The van der Waals surface area contributed by atoms with Gasteiger partial charge in [-0.25, -0.2) is 9.78 Å². The number of H-pyrrole nitrogens is 1. The van der Waals surface area contributed by atoms with Gasteiger partial charge in [-0.2, -0.15) is 0 Å². The Morgan fingerprint density at radius 1 is 1.00 bits per heavy atom. The molecule has 0 fully saturated rings. The summed E-state index contributed by atoms with van der Waals surface area (Å²) < 4.78 is 7.28. The molecule has 6 nitrogen and oxygen atoms in total. The van der Waals surface area contributed by atoms with Gasteiger partial charge in [0.1, 0.15) is 22.7 Å². The second-order valence-corrected chi connectivity index (χ2v) is 6.72. The lowest BCUT2D eigenvalue weighted by atomic mass is 10.2. The van der Waals surface area contributed by atoms with Crippen molar-refractivity contribution in [1.29, 1.82) is 0 Å². The van der Waals surface area contributed by atoms with Gasteiger partial charge in [-0.1, -0.05) is 18.2 Å². The van der Waals surface area contributed by atoms with Gasteiger partial charge in [-0.3, -0.25) is 4.57 Å². The van der Waals surface area contributed by atoms with Gasteiger partial charge < -0.3 is 14.8 Å². The third kappa shape index (κ3) is 2.73. The summed E-state index contributed by atoms with van der Waals surface area (Å²) in [6.45, 7) is 0. The van der Waals surface area contributed by atoms with Gasteiger partial charge in [0.05, 0.1) is 12.7 Å². The van der Waals surface area contributed by atoms with Crippen molar-refractivity contribution in [3.8, 4) is 22.8 Å². The number of nitrogens with zero attached hydrogens (tertiary/aromatic N) is 2. The first-order chi connectivity index (χ1) is 14.2. The van der Waals surface area contributed by atoms with Crippen molar-refractivity contribution in [2.75, 3.05) is 7.11 Å². The van der Waals surface area contributed by atoms with E-state index >= 15 is 0 Å². The summed E-state index contributed by atoms with van der Waals surface area (Å²) in [6, 6.07) is 22.5. The lowest BCUT2D eigenvalue weighted by Gasteiger charge is -2.10. The van der Waals surface area contributed by atoms with Crippen LogP contribution in [0.1, 0.15) is 10.4 Å². The minimum absolute atomic E-state index is 0.243. The first-order valence-electron chi connectivity index (χ1n) is 9.13. The number of hydrogen-bond acceptors (Lipinski definition) is 3. The molecule has 0 amide bonds. The molecule has 5 aromatic rings. The Balaban J connectivity index is 1.78. The van der Waals surface area contributed by atoms with Crippen molar-refractivity contribution >= 4 is 28.0 Å². The van der Waals surface area contributed by atoms with E-state index in [-0.39, 0.29) is 5.56 Å². The number of carboxylic acid groups (broad SMARTS) is 1. The van der Waals surface area contributed by atoms with Crippen LogP contribution < -0.4 is 4.74 Å². The molecule has 0 atom stereocenters. The van der Waals surface area contributed by atoms with Gasteiger partial charge in [-0.15, -0.1) is 0 Å². The van der Waals surface area contributed by atoms with Crippen molar-refractivity contribution in [2.24, 2.45) is 0 Å². The molecule has 6 heteroatoms. The summed E-state index contributed by atoms with van der Waals surface area (Å²) >= 11 is 0. The Morgan fingerprint density at radius 3 is 2.41 bits per heavy atom. The normalized spacial score (nSPS) is 11.2. The average molecular weight is 383 g/mol. The number of aromatic nitrogens is 3. The lowest BCUT2D eigenvalue weighted by molar-refractivity contribution is 0.0697. The van der Waals surface area contributed by atoms with E-state index in [1.165, 1.54) is 0 Å². The highest BCUT2D eigenvalue weighted by molar-refractivity contribution is 6.05. The molecule has 2 N–H and O–H groups in total. The molecular weight excluding hydrogens is 366 g/mol.